The molecule has 4 rings (SSSR count). The van der Waals surface area contributed by atoms with Crippen LogP contribution in [0.25, 0.3) is 0 Å². The predicted molar refractivity (Wildman–Crippen MR) is 114 cm³/mol. The van der Waals surface area contributed by atoms with Gasteiger partial charge in [0, 0.05) is 24.4 Å². The van der Waals surface area contributed by atoms with Crippen molar-refractivity contribution >= 4 is 17.2 Å². The number of benzene rings is 2. The molecule has 1 aliphatic rings. The molecular weight excluding hydrogens is 384 g/mol. The molecule has 1 aromatic heterocycles. The molecule has 0 fully saturated rings. The Balaban J connectivity index is 1.59. The van der Waals surface area contributed by atoms with Crippen molar-refractivity contribution in [3.8, 4) is 11.5 Å². The standard InChI is InChI=1S/C23H24N2O3S/c1-15-24-22(21(29-15)11-16-7-5-4-6-8-16)23(26)25-10-9-17-12-19(27-2)20(28-3)13-18(17)14-25/h4-8,12-13H,9-11,14H2,1-3H3. The first-order valence-electron chi connectivity index (χ1n) is 9.62. The van der Waals surface area contributed by atoms with E-state index in [-0.39, 0.29) is 5.91 Å². The van der Waals surface area contributed by atoms with Gasteiger partial charge in [-0.2, -0.15) is 0 Å². The quantitative estimate of drug-likeness (QED) is 0.633. The van der Waals surface area contributed by atoms with E-state index in [1.807, 2.05) is 42.2 Å². The summed E-state index contributed by atoms with van der Waals surface area (Å²) in [4.78, 5) is 20.8. The van der Waals surface area contributed by atoms with E-state index in [0.717, 1.165) is 34.0 Å². The molecule has 2 heterocycles. The van der Waals surface area contributed by atoms with E-state index >= 15 is 0 Å². The van der Waals surface area contributed by atoms with Crippen LogP contribution in [0, 0.1) is 6.92 Å². The lowest BCUT2D eigenvalue weighted by molar-refractivity contribution is 0.0728. The summed E-state index contributed by atoms with van der Waals surface area (Å²) in [5.41, 5.74) is 4.07. The number of hydrogen-bond donors (Lipinski definition) is 0. The van der Waals surface area contributed by atoms with Crippen molar-refractivity contribution in [1.82, 2.24) is 9.88 Å². The van der Waals surface area contributed by atoms with Crippen molar-refractivity contribution in [2.45, 2.75) is 26.3 Å². The SMILES string of the molecule is COc1cc2c(cc1OC)CN(C(=O)c1nc(C)sc1Cc1ccccc1)CC2. The lowest BCUT2D eigenvalue weighted by Crippen LogP contribution is -2.36. The Morgan fingerprint density at radius 3 is 2.48 bits per heavy atom. The lowest BCUT2D eigenvalue weighted by Gasteiger charge is -2.29. The van der Waals surface area contributed by atoms with Crippen LogP contribution < -0.4 is 9.47 Å². The van der Waals surface area contributed by atoms with Gasteiger partial charge < -0.3 is 14.4 Å². The van der Waals surface area contributed by atoms with Gasteiger partial charge in [0.2, 0.25) is 0 Å². The van der Waals surface area contributed by atoms with Crippen LogP contribution in [0.4, 0.5) is 0 Å². The predicted octanol–water partition coefficient (Wildman–Crippen LogP) is 4.26. The second kappa shape index (κ2) is 8.25. The van der Waals surface area contributed by atoms with Crippen LogP contribution in [0.2, 0.25) is 0 Å². The van der Waals surface area contributed by atoms with Gasteiger partial charge in [0.1, 0.15) is 5.69 Å². The Hall–Kier alpha value is -2.86. The van der Waals surface area contributed by atoms with Gasteiger partial charge in [0.25, 0.3) is 5.91 Å². The molecule has 0 unspecified atom stereocenters. The highest BCUT2D eigenvalue weighted by atomic mass is 32.1. The van der Waals surface area contributed by atoms with Gasteiger partial charge in [0.15, 0.2) is 11.5 Å². The largest absolute Gasteiger partial charge is 0.493 e. The van der Waals surface area contributed by atoms with Crippen LogP contribution in [0.1, 0.15) is 37.1 Å². The topological polar surface area (TPSA) is 51.7 Å². The van der Waals surface area contributed by atoms with E-state index in [2.05, 4.69) is 17.1 Å². The number of rotatable bonds is 5. The third-order valence-corrected chi connectivity index (χ3v) is 6.19. The number of aromatic nitrogens is 1. The summed E-state index contributed by atoms with van der Waals surface area (Å²) in [6.07, 6.45) is 1.52. The van der Waals surface area contributed by atoms with E-state index in [1.54, 1.807) is 25.6 Å². The van der Waals surface area contributed by atoms with Gasteiger partial charge in [-0.3, -0.25) is 4.79 Å². The second-order valence-electron chi connectivity index (χ2n) is 7.12. The van der Waals surface area contributed by atoms with E-state index in [1.165, 1.54) is 11.1 Å². The number of ether oxygens (including phenoxy) is 2. The monoisotopic (exact) mass is 408 g/mol. The minimum absolute atomic E-state index is 0.000663. The molecule has 0 bridgehead atoms. The Morgan fingerprint density at radius 2 is 1.79 bits per heavy atom. The van der Waals surface area contributed by atoms with Crippen molar-refractivity contribution in [2.75, 3.05) is 20.8 Å². The number of hydrogen-bond acceptors (Lipinski definition) is 5. The van der Waals surface area contributed by atoms with Crippen LogP contribution >= 0.6 is 11.3 Å². The molecule has 1 aliphatic heterocycles. The summed E-state index contributed by atoms with van der Waals surface area (Å²) in [5, 5.41) is 0.920. The van der Waals surface area contributed by atoms with Crippen molar-refractivity contribution in [3.05, 3.63) is 74.7 Å². The first-order chi connectivity index (χ1) is 14.1. The minimum Gasteiger partial charge on any atom is -0.493 e. The summed E-state index contributed by atoms with van der Waals surface area (Å²) >= 11 is 1.60. The van der Waals surface area contributed by atoms with Gasteiger partial charge in [0.05, 0.1) is 19.2 Å². The van der Waals surface area contributed by atoms with Crippen LogP contribution in [0.3, 0.4) is 0 Å². The molecule has 2 aromatic carbocycles. The molecule has 0 spiro atoms. The molecule has 0 saturated heterocycles. The fourth-order valence-corrected chi connectivity index (χ4v) is 4.71. The Morgan fingerprint density at radius 1 is 1.10 bits per heavy atom. The van der Waals surface area contributed by atoms with Gasteiger partial charge in [-0.25, -0.2) is 4.98 Å². The molecule has 0 aliphatic carbocycles. The highest BCUT2D eigenvalue weighted by molar-refractivity contribution is 7.11. The fraction of sp³-hybridized carbons (Fsp3) is 0.304. The average molecular weight is 409 g/mol. The Kier molecular flexibility index (Phi) is 5.53. The molecule has 0 atom stereocenters. The molecule has 5 nitrogen and oxygen atoms in total. The Bertz CT molecular complexity index is 1030. The molecule has 0 saturated carbocycles. The molecule has 29 heavy (non-hydrogen) atoms. The Labute approximate surface area is 174 Å². The van der Waals surface area contributed by atoms with Crippen LogP contribution in [0.5, 0.6) is 11.5 Å². The third-order valence-electron chi connectivity index (χ3n) is 5.22. The summed E-state index contributed by atoms with van der Waals surface area (Å²) in [7, 11) is 3.27. The molecular formula is C23H24N2O3S. The zero-order valence-corrected chi connectivity index (χ0v) is 17.7. The van der Waals surface area contributed by atoms with Crippen molar-refractivity contribution in [2.24, 2.45) is 0 Å². The maximum absolute atomic E-state index is 13.3. The van der Waals surface area contributed by atoms with E-state index < -0.39 is 0 Å². The van der Waals surface area contributed by atoms with Gasteiger partial charge in [-0.05, 0) is 42.2 Å². The van der Waals surface area contributed by atoms with Crippen molar-refractivity contribution < 1.29 is 14.3 Å². The highest BCUT2D eigenvalue weighted by Gasteiger charge is 2.27. The molecule has 150 valence electrons. The van der Waals surface area contributed by atoms with Gasteiger partial charge in [-0.1, -0.05) is 30.3 Å². The van der Waals surface area contributed by atoms with E-state index in [9.17, 15) is 4.79 Å². The van der Waals surface area contributed by atoms with Crippen LogP contribution in [-0.4, -0.2) is 36.6 Å². The number of aryl methyl sites for hydroxylation is 1. The molecule has 6 heteroatoms. The number of amides is 1. The number of thiazole rings is 1. The van der Waals surface area contributed by atoms with E-state index in [4.69, 9.17) is 9.47 Å². The third kappa shape index (κ3) is 3.98. The fourth-order valence-electron chi connectivity index (χ4n) is 3.74. The second-order valence-corrected chi connectivity index (χ2v) is 8.41. The number of carbonyl (C=O) groups is 1. The highest BCUT2D eigenvalue weighted by Crippen LogP contribution is 2.34. The van der Waals surface area contributed by atoms with Crippen LogP contribution in [0.15, 0.2) is 42.5 Å². The summed E-state index contributed by atoms with van der Waals surface area (Å²) in [6, 6.07) is 14.2. The molecule has 3 aromatic rings. The normalized spacial score (nSPS) is 13.1. The maximum atomic E-state index is 13.3. The maximum Gasteiger partial charge on any atom is 0.273 e. The van der Waals surface area contributed by atoms with Gasteiger partial charge in [-0.15, -0.1) is 11.3 Å². The zero-order chi connectivity index (χ0) is 20.4. The zero-order valence-electron chi connectivity index (χ0n) is 16.9. The minimum atomic E-state index is 0.000663. The summed E-state index contributed by atoms with van der Waals surface area (Å²) < 4.78 is 10.8. The number of methoxy groups -OCH3 is 2. The molecule has 0 N–H and O–H groups in total. The van der Waals surface area contributed by atoms with Crippen molar-refractivity contribution in [1.29, 1.82) is 0 Å². The number of carbonyl (C=O) groups excluding carboxylic acids is 1. The van der Waals surface area contributed by atoms with Crippen molar-refractivity contribution in [3.63, 3.8) is 0 Å². The van der Waals surface area contributed by atoms with E-state index in [0.29, 0.717) is 24.5 Å². The number of fused-ring (bicyclic) bond motifs is 1. The lowest BCUT2D eigenvalue weighted by atomic mass is 9.98. The smallest absolute Gasteiger partial charge is 0.273 e. The van der Waals surface area contributed by atoms with Gasteiger partial charge >= 0.3 is 0 Å². The molecule has 1 amide bonds. The first kappa shape index (κ1) is 19.5. The number of nitrogens with zero attached hydrogens (tertiary/aromatic N) is 2. The average Bonchev–Trinajstić information content (AvgIpc) is 3.12. The van der Waals surface area contributed by atoms with Crippen LogP contribution in [-0.2, 0) is 19.4 Å². The molecule has 0 radical (unpaired) electrons. The summed E-state index contributed by atoms with van der Waals surface area (Å²) in [5.74, 6) is 1.42. The first-order valence-corrected chi connectivity index (χ1v) is 10.4. The summed E-state index contributed by atoms with van der Waals surface area (Å²) in [6.45, 7) is 3.18.